The van der Waals surface area contributed by atoms with Gasteiger partial charge in [-0.2, -0.15) is 0 Å². The van der Waals surface area contributed by atoms with E-state index in [-0.39, 0.29) is 35.9 Å². The first-order valence-electron chi connectivity index (χ1n) is 17.8. The fourth-order valence-corrected chi connectivity index (χ4v) is 7.74. The third kappa shape index (κ3) is 6.63. The molecule has 8 rings (SSSR count). The third-order valence-electron chi connectivity index (χ3n) is 10.6. The molecule has 51 heavy (non-hydrogen) atoms. The minimum Gasteiger partial charge on any atom is -0.460 e. The number of aryl methyl sites for hydroxylation is 2. The molecule has 2 fully saturated rings. The number of piperazine rings is 1. The maximum Gasteiger partial charge on any atom is 0.310 e. The number of fused-ring (bicyclic) bond motifs is 3. The van der Waals surface area contributed by atoms with Crippen LogP contribution in [-0.2, 0) is 53.7 Å². The number of hydrogen-bond acceptors (Lipinski definition) is 9. The van der Waals surface area contributed by atoms with Crippen molar-refractivity contribution in [1.82, 2.24) is 19.0 Å². The van der Waals surface area contributed by atoms with E-state index in [4.69, 9.17) is 9.47 Å². The number of anilines is 4. The van der Waals surface area contributed by atoms with E-state index in [1.807, 2.05) is 18.2 Å². The van der Waals surface area contributed by atoms with E-state index in [1.54, 1.807) is 37.6 Å². The van der Waals surface area contributed by atoms with Gasteiger partial charge in [0.25, 0.3) is 11.5 Å². The molecule has 6 heterocycles. The van der Waals surface area contributed by atoms with Crippen molar-refractivity contribution in [2.75, 3.05) is 61.1 Å². The van der Waals surface area contributed by atoms with E-state index in [2.05, 4.69) is 24.7 Å². The van der Waals surface area contributed by atoms with Crippen LogP contribution < -0.4 is 20.7 Å². The number of esters is 1. The zero-order valence-corrected chi connectivity index (χ0v) is 28.8. The van der Waals surface area contributed by atoms with Gasteiger partial charge in [0.15, 0.2) is 0 Å². The van der Waals surface area contributed by atoms with Crippen molar-refractivity contribution >= 4 is 34.8 Å². The molecule has 0 atom stereocenters. The summed E-state index contributed by atoms with van der Waals surface area (Å²) in [6, 6.07) is 12.5. The molecule has 12 nitrogen and oxygen atoms in total. The smallest absolute Gasteiger partial charge is 0.310 e. The number of carbonyl (C=O) groups excluding carboxylic acids is 2. The molecule has 0 radical (unpaired) electrons. The molecule has 2 saturated heterocycles. The molecule has 266 valence electrons. The average molecular weight is 696 g/mol. The number of rotatable bonds is 9. The Labute approximate surface area is 295 Å². The number of ether oxygens (including phenoxy) is 2. The van der Waals surface area contributed by atoms with Gasteiger partial charge in [0.05, 0.1) is 43.2 Å². The molecule has 0 bridgehead atoms. The lowest BCUT2D eigenvalue weighted by Crippen LogP contribution is -2.56. The van der Waals surface area contributed by atoms with Crippen molar-refractivity contribution in [3.8, 4) is 0 Å². The molecule has 0 unspecified atom stereocenters. The van der Waals surface area contributed by atoms with Gasteiger partial charge in [-0.1, -0.05) is 12.1 Å². The predicted octanol–water partition coefficient (Wildman–Crippen LogP) is 3.81. The summed E-state index contributed by atoms with van der Waals surface area (Å²) in [5.41, 5.74) is 5.16. The summed E-state index contributed by atoms with van der Waals surface area (Å²) >= 11 is 0. The van der Waals surface area contributed by atoms with E-state index in [0.717, 1.165) is 70.8 Å². The van der Waals surface area contributed by atoms with Crippen LogP contribution in [0.2, 0.25) is 0 Å². The first kappa shape index (κ1) is 33.2. The summed E-state index contributed by atoms with van der Waals surface area (Å²) in [4.78, 5) is 50.6. The second-order valence-electron chi connectivity index (χ2n) is 13.8. The van der Waals surface area contributed by atoms with Gasteiger partial charge in [-0.15, -0.1) is 0 Å². The number of nitrogens with zero attached hydrogens (tertiary/aromatic N) is 6. The van der Waals surface area contributed by atoms with E-state index < -0.39 is 11.8 Å². The molecule has 4 aliphatic rings. The Kier molecular flexibility index (Phi) is 9.07. The molecule has 1 amide bonds. The van der Waals surface area contributed by atoms with Gasteiger partial charge in [0, 0.05) is 63.8 Å². The fraction of sp³-hybridized carbons (Fsp3) is 0.421. The number of para-hydroxylation sites is 1. The summed E-state index contributed by atoms with van der Waals surface area (Å²) in [5, 5.41) is 3.11. The Morgan fingerprint density at radius 3 is 2.61 bits per heavy atom. The summed E-state index contributed by atoms with van der Waals surface area (Å²) in [6.45, 7) is 6.14. The highest BCUT2D eigenvalue weighted by atomic mass is 19.1. The van der Waals surface area contributed by atoms with Gasteiger partial charge in [-0.25, -0.2) is 9.37 Å². The number of nitrogens with one attached hydrogen (secondary N) is 1. The van der Waals surface area contributed by atoms with Gasteiger partial charge in [0.1, 0.15) is 29.6 Å². The van der Waals surface area contributed by atoms with Crippen molar-refractivity contribution in [2.24, 2.45) is 7.05 Å². The van der Waals surface area contributed by atoms with Crippen molar-refractivity contribution in [3.05, 3.63) is 99.1 Å². The number of benzene rings is 1. The summed E-state index contributed by atoms with van der Waals surface area (Å²) < 4.78 is 29.8. The minimum absolute atomic E-state index is 0.111. The van der Waals surface area contributed by atoms with Crippen molar-refractivity contribution in [1.29, 1.82) is 0 Å². The van der Waals surface area contributed by atoms with Crippen LogP contribution in [0.25, 0.3) is 0 Å². The van der Waals surface area contributed by atoms with E-state index in [1.165, 1.54) is 26.8 Å². The van der Waals surface area contributed by atoms with Crippen molar-refractivity contribution < 1.29 is 23.5 Å². The van der Waals surface area contributed by atoms with Gasteiger partial charge in [-0.3, -0.25) is 19.3 Å². The first-order chi connectivity index (χ1) is 24.8. The van der Waals surface area contributed by atoms with Crippen LogP contribution in [0.3, 0.4) is 0 Å². The minimum atomic E-state index is -0.547. The molecule has 1 aliphatic carbocycles. The summed E-state index contributed by atoms with van der Waals surface area (Å²) in [6.07, 6.45) is 7.41. The summed E-state index contributed by atoms with van der Waals surface area (Å²) in [5.74, 6) is -0.826. The molecule has 1 aromatic carbocycles. The zero-order chi connectivity index (χ0) is 35.1. The lowest BCUT2D eigenvalue weighted by Gasteiger charge is -2.43. The monoisotopic (exact) mass is 695 g/mol. The maximum atomic E-state index is 15.4. The predicted molar refractivity (Wildman–Crippen MR) is 190 cm³/mol. The SMILES string of the molecule is Cn1cc(CC(=O)OCc2cccc(F)c2N2CCn3c(cc4c3CCCC4)C2=O)cc(Nc2ccc(N3CCN(C4COC4)CC3)cn2)c1=O. The van der Waals surface area contributed by atoms with E-state index >= 15 is 4.39 Å². The lowest BCUT2D eigenvalue weighted by molar-refractivity contribution is -0.144. The molecule has 1 N–H and O–H groups in total. The van der Waals surface area contributed by atoms with Crippen LogP contribution in [0.15, 0.2) is 59.7 Å². The standard InChI is InChI=1S/C38H42FN7O5/c1-42-21-25(17-31(37(42)48)41-34-10-9-28(20-40-34)43-11-13-44(14-12-43)29-23-50-24-29)18-35(47)51-22-27-6-4-7-30(39)36(27)46-16-15-45-32-8-3-2-5-26(32)19-33(45)38(46)49/h4,6-7,9-10,17,19-21,29H,2-3,5,8,11-16,18,22-24H2,1H3,(H,40,41). The highest BCUT2D eigenvalue weighted by Gasteiger charge is 2.33. The molecular weight excluding hydrogens is 653 g/mol. The molecule has 0 saturated carbocycles. The third-order valence-corrected chi connectivity index (χ3v) is 10.6. The van der Waals surface area contributed by atoms with Crippen molar-refractivity contribution in [2.45, 2.75) is 51.3 Å². The second kappa shape index (κ2) is 14.0. The van der Waals surface area contributed by atoms with Gasteiger partial charge in [-0.05, 0) is 67.1 Å². The van der Waals surface area contributed by atoms with Gasteiger partial charge in [0.2, 0.25) is 0 Å². The number of pyridine rings is 2. The number of halogens is 1. The highest BCUT2D eigenvalue weighted by Crippen LogP contribution is 2.33. The van der Waals surface area contributed by atoms with Crippen LogP contribution in [0.4, 0.5) is 27.3 Å². The van der Waals surface area contributed by atoms with E-state index in [9.17, 15) is 14.4 Å². The second-order valence-corrected chi connectivity index (χ2v) is 13.8. The normalized spacial score (nSPS) is 17.9. The molecule has 3 aliphatic heterocycles. The van der Waals surface area contributed by atoms with Gasteiger partial charge >= 0.3 is 5.97 Å². The Morgan fingerprint density at radius 2 is 1.84 bits per heavy atom. The average Bonchev–Trinajstić information content (AvgIpc) is 3.50. The van der Waals surface area contributed by atoms with Crippen LogP contribution in [-0.4, -0.2) is 82.9 Å². The van der Waals surface area contributed by atoms with Crippen LogP contribution >= 0.6 is 0 Å². The Hall–Kier alpha value is -5.01. The van der Waals surface area contributed by atoms with Crippen molar-refractivity contribution in [3.63, 3.8) is 0 Å². The molecule has 3 aromatic heterocycles. The largest absolute Gasteiger partial charge is 0.460 e. The molecular formula is C38H42FN7O5. The van der Waals surface area contributed by atoms with Crippen LogP contribution in [0, 0.1) is 5.82 Å². The maximum absolute atomic E-state index is 15.4. The van der Waals surface area contributed by atoms with Gasteiger partial charge < -0.3 is 33.7 Å². The molecule has 13 heteroatoms. The Bertz CT molecular complexity index is 2010. The number of hydrogen-bond donors (Lipinski definition) is 1. The number of carbonyl (C=O) groups is 2. The van der Waals surface area contributed by atoms with Crippen LogP contribution in [0.5, 0.6) is 0 Å². The zero-order valence-electron chi connectivity index (χ0n) is 28.8. The van der Waals surface area contributed by atoms with Crippen LogP contribution in [0.1, 0.15) is 45.7 Å². The highest BCUT2D eigenvalue weighted by molar-refractivity contribution is 6.06. The molecule has 0 spiro atoms. The number of amides is 1. The lowest BCUT2D eigenvalue weighted by atomic mass is 9.98. The first-order valence-corrected chi connectivity index (χ1v) is 17.8. The fourth-order valence-electron chi connectivity index (χ4n) is 7.74. The number of aromatic nitrogens is 3. The Balaban J connectivity index is 0.908. The molecule has 4 aromatic rings. The van der Waals surface area contributed by atoms with E-state index in [0.29, 0.717) is 41.8 Å². The quantitative estimate of drug-likeness (QED) is 0.261. The topological polar surface area (TPSA) is 114 Å². The summed E-state index contributed by atoms with van der Waals surface area (Å²) in [7, 11) is 1.62. The Morgan fingerprint density at radius 1 is 1.02 bits per heavy atom.